The van der Waals surface area contributed by atoms with Gasteiger partial charge in [-0.25, -0.2) is 0 Å². The van der Waals surface area contributed by atoms with Crippen LogP contribution in [0.25, 0.3) is 0 Å². The molecule has 0 aliphatic carbocycles. The molecule has 2 N–H and O–H groups in total. The average molecular weight is 287 g/mol. The van der Waals surface area contributed by atoms with Crippen molar-refractivity contribution in [2.45, 2.75) is 25.8 Å². The van der Waals surface area contributed by atoms with Crippen molar-refractivity contribution in [1.29, 1.82) is 0 Å². The molecule has 21 heavy (non-hydrogen) atoms. The van der Waals surface area contributed by atoms with E-state index in [1.165, 1.54) is 12.8 Å². The Labute approximate surface area is 124 Å². The molecule has 1 unspecified atom stereocenters. The molecular weight excluding hydrogens is 266 g/mol. The minimum Gasteiger partial charge on any atom is -0.382 e. The van der Waals surface area contributed by atoms with Gasteiger partial charge in [-0.3, -0.25) is 14.9 Å². The number of nitrogens with zero attached hydrogens (tertiary/aromatic N) is 1. The molecule has 1 aromatic carbocycles. The van der Waals surface area contributed by atoms with Crippen molar-refractivity contribution in [2.75, 3.05) is 25.5 Å². The largest absolute Gasteiger partial charge is 0.382 e. The Kier molecular flexibility index (Phi) is 3.68. The predicted molar refractivity (Wildman–Crippen MR) is 81.5 cm³/mol. The fourth-order valence-corrected chi connectivity index (χ4v) is 3.17. The van der Waals surface area contributed by atoms with E-state index in [-0.39, 0.29) is 11.8 Å². The van der Waals surface area contributed by atoms with Gasteiger partial charge in [0.2, 0.25) is 0 Å². The second-order valence-corrected chi connectivity index (χ2v) is 6.12. The lowest BCUT2D eigenvalue weighted by atomic mass is 9.90. The Hall–Kier alpha value is -1.88. The molecule has 5 nitrogen and oxygen atoms in total. The van der Waals surface area contributed by atoms with Crippen molar-refractivity contribution < 1.29 is 9.59 Å². The number of nitrogens with one attached hydrogen (secondary N) is 2. The Morgan fingerprint density at radius 2 is 1.86 bits per heavy atom. The molecule has 0 bridgehead atoms. The molecule has 2 amide bonds. The van der Waals surface area contributed by atoms with Crippen molar-refractivity contribution in [1.82, 2.24) is 10.2 Å². The molecule has 2 aliphatic heterocycles. The number of imide groups is 1. The third-order valence-electron chi connectivity index (χ3n) is 4.60. The number of likely N-dealkylation sites (tertiary alicyclic amines) is 1. The molecule has 2 aliphatic rings. The SMILES string of the molecule is CC(Nc1ccc2c(c1)C(=O)NC2=O)C1CCN(C)CC1. The second-order valence-electron chi connectivity index (χ2n) is 6.12. The summed E-state index contributed by atoms with van der Waals surface area (Å²) in [6.07, 6.45) is 2.38. The number of fused-ring (bicyclic) bond motifs is 1. The summed E-state index contributed by atoms with van der Waals surface area (Å²) in [7, 11) is 2.16. The zero-order chi connectivity index (χ0) is 15.0. The van der Waals surface area contributed by atoms with Crippen molar-refractivity contribution in [2.24, 2.45) is 5.92 Å². The van der Waals surface area contributed by atoms with Crippen molar-refractivity contribution in [3.05, 3.63) is 29.3 Å². The minimum atomic E-state index is -0.301. The van der Waals surface area contributed by atoms with Gasteiger partial charge in [0.1, 0.15) is 0 Å². The molecule has 3 rings (SSSR count). The van der Waals surface area contributed by atoms with Crippen molar-refractivity contribution >= 4 is 17.5 Å². The molecule has 0 saturated carbocycles. The Bertz CT molecular complexity index is 577. The van der Waals surface area contributed by atoms with Gasteiger partial charge in [0, 0.05) is 11.7 Å². The third kappa shape index (κ3) is 2.78. The average Bonchev–Trinajstić information content (AvgIpc) is 2.74. The maximum Gasteiger partial charge on any atom is 0.259 e. The lowest BCUT2D eigenvalue weighted by Crippen LogP contribution is -2.37. The molecule has 0 aromatic heterocycles. The lowest BCUT2D eigenvalue weighted by molar-refractivity contribution is 0.0879. The molecule has 1 aromatic rings. The molecule has 112 valence electrons. The zero-order valence-electron chi connectivity index (χ0n) is 12.5. The van der Waals surface area contributed by atoms with Crippen LogP contribution in [0, 0.1) is 5.92 Å². The van der Waals surface area contributed by atoms with Crippen LogP contribution in [0.1, 0.15) is 40.5 Å². The highest BCUT2D eigenvalue weighted by molar-refractivity contribution is 6.21. The van der Waals surface area contributed by atoms with E-state index >= 15 is 0 Å². The van der Waals surface area contributed by atoms with E-state index in [1.807, 2.05) is 6.07 Å². The summed E-state index contributed by atoms with van der Waals surface area (Å²) in [5.41, 5.74) is 1.85. The van der Waals surface area contributed by atoms with Gasteiger partial charge in [-0.15, -0.1) is 0 Å². The summed E-state index contributed by atoms with van der Waals surface area (Å²) in [6, 6.07) is 5.74. The van der Waals surface area contributed by atoms with Gasteiger partial charge in [0.15, 0.2) is 0 Å². The van der Waals surface area contributed by atoms with Gasteiger partial charge in [0.25, 0.3) is 11.8 Å². The highest BCUT2D eigenvalue weighted by Gasteiger charge is 2.27. The number of hydrogen-bond donors (Lipinski definition) is 2. The first-order chi connectivity index (χ1) is 10.0. The van der Waals surface area contributed by atoms with Crippen LogP contribution in [0.5, 0.6) is 0 Å². The lowest BCUT2D eigenvalue weighted by Gasteiger charge is -2.33. The van der Waals surface area contributed by atoms with Crippen molar-refractivity contribution in [3.63, 3.8) is 0 Å². The quantitative estimate of drug-likeness (QED) is 0.831. The molecule has 5 heteroatoms. The second kappa shape index (κ2) is 5.48. The van der Waals surface area contributed by atoms with E-state index in [9.17, 15) is 9.59 Å². The summed E-state index contributed by atoms with van der Waals surface area (Å²) in [6.45, 7) is 4.46. The summed E-state index contributed by atoms with van der Waals surface area (Å²) >= 11 is 0. The molecule has 1 fully saturated rings. The van der Waals surface area contributed by atoms with Crippen LogP contribution in [0.2, 0.25) is 0 Å². The van der Waals surface area contributed by atoms with Gasteiger partial charge < -0.3 is 10.2 Å². The van der Waals surface area contributed by atoms with Crippen LogP contribution in [-0.2, 0) is 0 Å². The summed E-state index contributed by atoms with van der Waals surface area (Å²) in [4.78, 5) is 25.6. The smallest absolute Gasteiger partial charge is 0.259 e. The minimum absolute atomic E-state index is 0.300. The van der Waals surface area contributed by atoms with Crippen LogP contribution in [-0.4, -0.2) is 42.9 Å². The molecule has 0 spiro atoms. The van der Waals surface area contributed by atoms with Crippen LogP contribution in [0.4, 0.5) is 5.69 Å². The van der Waals surface area contributed by atoms with E-state index < -0.39 is 0 Å². The highest BCUT2D eigenvalue weighted by Crippen LogP contribution is 2.25. The van der Waals surface area contributed by atoms with Crippen LogP contribution >= 0.6 is 0 Å². The van der Waals surface area contributed by atoms with E-state index in [0.717, 1.165) is 18.8 Å². The molecule has 1 atom stereocenters. The maximum atomic E-state index is 11.7. The molecule has 0 radical (unpaired) electrons. The maximum absolute atomic E-state index is 11.7. The molecular formula is C16H21N3O2. The molecule has 2 heterocycles. The first-order valence-corrected chi connectivity index (χ1v) is 7.49. The van der Waals surface area contributed by atoms with Gasteiger partial charge >= 0.3 is 0 Å². The monoisotopic (exact) mass is 287 g/mol. The highest BCUT2D eigenvalue weighted by atomic mass is 16.2. The first kappa shape index (κ1) is 14.1. The normalized spacial score (nSPS) is 21.0. The van der Waals surface area contributed by atoms with Gasteiger partial charge in [-0.1, -0.05) is 0 Å². The van der Waals surface area contributed by atoms with Gasteiger partial charge in [-0.2, -0.15) is 0 Å². The molecule has 1 saturated heterocycles. The third-order valence-corrected chi connectivity index (χ3v) is 4.60. The van der Waals surface area contributed by atoms with Crippen LogP contribution in [0.15, 0.2) is 18.2 Å². The van der Waals surface area contributed by atoms with Crippen LogP contribution in [0.3, 0.4) is 0 Å². The zero-order valence-corrected chi connectivity index (χ0v) is 12.5. The van der Waals surface area contributed by atoms with E-state index in [2.05, 4.69) is 29.5 Å². The van der Waals surface area contributed by atoms with Gasteiger partial charge in [0.05, 0.1) is 11.1 Å². The number of rotatable bonds is 3. The number of anilines is 1. The number of carbonyl (C=O) groups excluding carboxylic acids is 2. The van der Waals surface area contributed by atoms with Crippen molar-refractivity contribution in [3.8, 4) is 0 Å². The first-order valence-electron chi connectivity index (χ1n) is 7.49. The van der Waals surface area contributed by atoms with Gasteiger partial charge in [-0.05, 0) is 64.0 Å². The number of hydrogen-bond acceptors (Lipinski definition) is 4. The fourth-order valence-electron chi connectivity index (χ4n) is 3.17. The van der Waals surface area contributed by atoms with E-state index in [1.54, 1.807) is 12.1 Å². The summed E-state index contributed by atoms with van der Waals surface area (Å²) in [5.74, 6) is 0.0421. The topological polar surface area (TPSA) is 61.4 Å². The number of piperidine rings is 1. The standard InChI is InChI=1S/C16H21N3O2/c1-10(11-5-7-19(2)8-6-11)17-12-3-4-13-14(9-12)16(21)18-15(13)20/h3-4,9-11,17H,5-8H2,1-2H3,(H,18,20,21). The number of carbonyl (C=O) groups is 2. The van der Waals surface area contributed by atoms with Crippen LogP contribution < -0.4 is 10.6 Å². The Balaban J connectivity index is 1.70. The van der Waals surface area contributed by atoms with E-state index in [4.69, 9.17) is 0 Å². The summed E-state index contributed by atoms with van der Waals surface area (Å²) in [5, 5.41) is 5.80. The fraction of sp³-hybridized carbons (Fsp3) is 0.500. The summed E-state index contributed by atoms with van der Waals surface area (Å²) < 4.78 is 0. The van der Waals surface area contributed by atoms with E-state index in [0.29, 0.717) is 23.1 Å². The Morgan fingerprint density at radius 1 is 1.19 bits per heavy atom. The number of benzene rings is 1. The number of amides is 2. The predicted octanol–water partition coefficient (Wildman–Crippen LogP) is 1.71. The Morgan fingerprint density at radius 3 is 2.57 bits per heavy atom.